The molecule has 2 N–H and O–H groups in total. The highest BCUT2D eigenvalue weighted by atomic mass is 127. The van der Waals surface area contributed by atoms with E-state index in [1.807, 2.05) is 19.1 Å². The molecule has 0 saturated carbocycles. The van der Waals surface area contributed by atoms with Crippen LogP contribution in [-0.2, 0) is 12.8 Å². The number of nitrogens with zero attached hydrogens (tertiary/aromatic N) is 3. The molecule has 6 nitrogen and oxygen atoms in total. The van der Waals surface area contributed by atoms with Crippen LogP contribution in [0, 0.1) is 0 Å². The van der Waals surface area contributed by atoms with Crippen LogP contribution in [0.5, 0.6) is 0 Å². The lowest BCUT2D eigenvalue weighted by molar-refractivity contribution is 0.423. The molecule has 1 heterocycles. The Morgan fingerprint density at radius 3 is 2.29 bits per heavy atom. The first-order valence-corrected chi connectivity index (χ1v) is 8.20. The van der Waals surface area contributed by atoms with Crippen molar-refractivity contribution in [2.75, 3.05) is 19.6 Å². The number of halogens is 1. The van der Waals surface area contributed by atoms with Crippen molar-refractivity contribution in [2.24, 2.45) is 4.99 Å². The summed E-state index contributed by atoms with van der Waals surface area (Å²) < 4.78 is 5.25. The first-order valence-electron chi connectivity index (χ1n) is 8.20. The van der Waals surface area contributed by atoms with Gasteiger partial charge in [-0.1, -0.05) is 24.2 Å². The van der Waals surface area contributed by atoms with Gasteiger partial charge in [0.1, 0.15) is 0 Å². The fourth-order valence-electron chi connectivity index (χ4n) is 2.13. The first-order chi connectivity index (χ1) is 11.3. The molecule has 0 fully saturated rings. The molecule has 0 spiro atoms. The van der Waals surface area contributed by atoms with E-state index in [1.54, 1.807) is 0 Å². The van der Waals surface area contributed by atoms with Gasteiger partial charge >= 0.3 is 0 Å². The Hall–Kier alpha value is -1.64. The van der Waals surface area contributed by atoms with E-state index in [-0.39, 0.29) is 24.0 Å². The summed E-state index contributed by atoms with van der Waals surface area (Å²) in [6.45, 7) is 8.61. The number of aryl methyl sites for hydroxylation is 1. The second-order valence-corrected chi connectivity index (χ2v) is 5.11. The van der Waals surface area contributed by atoms with E-state index in [0.29, 0.717) is 5.89 Å². The SMILES string of the molecule is CCNC(=NCCc1ccc(-c2nc(CC)no2)cc1)NCC.I. The predicted octanol–water partition coefficient (Wildman–Crippen LogP) is 3.03. The molecule has 0 aliphatic heterocycles. The molecule has 1 aromatic heterocycles. The van der Waals surface area contributed by atoms with Gasteiger partial charge in [0.25, 0.3) is 5.89 Å². The highest BCUT2D eigenvalue weighted by Gasteiger charge is 2.07. The quantitative estimate of drug-likeness (QED) is 0.391. The molecule has 0 unspecified atom stereocenters. The van der Waals surface area contributed by atoms with E-state index >= 15 is 0 Å². The number of hydrogen-bond donors (Lipinski definition) is 2. The second-order valence-electron chi connectivity index (χ2n) is 5.11. The van der Waals surface area contributed by atoms with E-state index in [9.17, 15) is 0 Å². The molecule has 0 bridgehead atoms. The van der Waals surface area contributed by atoms with Gasteiger partial charge < -0.3 is 15.2 Å². The Balaban J connectivity index is 0.00000288. The predicted molar refractivity (Wildman–Crippen MR) is 108 cm³/mol. The number of nitrogens with one attached hydrogen (secondary N) is 2. The molecule has 2 rings (SSSR count). The summed E-state index contributed by atoms with van der Waals surface area (Å²) in [4.78, 5) is 8.89. The fourth-order valence-corrected chi connectivity index (χ4v) is 2.13. The normalized spacial score (nSPS) is 9.96. The third-order valence-corrected chi connectivity index (χ3v) is 3.34. The van der Waals surface area contributed by atoms with Crippen LogP contribution >= 0.6 is 24.0 Å². The molecule has 0 aliphatic rings. The van der Waals surface area contributed by atoms with Gasteiger partial charge in [0, 0.05) is 31.6 Å². The average Bonchev–Trinajstić information content (AvgIpc) is 3.05. The Morgan fingerprint density at radius 2 is 1.75 bits per heavy atom. The zero-order valence-corrected chi connectivity index (χ0v) is 16.8. The number of hydrogen-bond acceptors (Lipinski definition) is 4. The van der Waals surface area contributed by atoms with Gasteiger partial charge in [-0.3, -0.25) is 4.99 Å². The Bertz CT molecular complexity index is 616. The molecule has 132 valence electrons. The number of aromatic nitrogens is 2. The summed E-state index contributed by atoms with van der Waals surface area (Å²) in [7, 11) is 0. The smallest absolute Gasteiger partial charge is 0.257 e. The molecule has 2 aromatic rings. The lowest BCUT2D eigenvalue weighted by Gasteiger charge is -2.09. The highest BCUT2D eigenvalue weighted by Crippen LogP contribution is 2.18. The number of benzene rings is 1. The van der Waals surface area contributed by atoms with Gasteiger partial charge in [-0.2, -0.15) is 4.98 Å². The van der Waals surface area contributed by atoms with Crippen molar-refractivity contribution in [2.45, 2.75) is 33.6 Å². The average molecular weight is 443 g/mol. The minimum Gasteiger partial charge on any atom is -0.357 e. The summed E-state index contributed by atoms with van der Waals surface area (Å²) in [5.74, 6) is 2.18. The van der Waals surface area contributed by atoms with Crippen molar-refractivity contribution in [1.82, 2.24) is 20.8 Å². The third-order valence-electron chi connectivity index (χ3n) is 3.34. The molecular formula is C17H26IN5O. The van der Waals surface area contributed by atoms with Crippen molar-refractivity contribution in [3.05, 3.63) is 35.7 Å². The number of guanidine groups is 1. The maximum atomic E-state index is 5.25. The largest absolute Gasteiger partial charge is 0.357 e. The lowest BCUT2D eigenvalue weighted by Crippen LogP contribution is -2.37. The third kappa shape index (κ3) is 6.10. The van der Waals surface area contributed by atoms with Crippen LogP contribution < -0.4 is 10.6 Å². The van der Waals surface area contributed by atoms with Crippen LogP contribution in [0.3, 0.4) is 0 Å². The van der Waals surface area contributed by atoms with Crippen molar-refractivity contribution in [3.8, 4) is 11.5 Å². The van der Waals surface area contributed by atoms with Gasteiger partial charge in [0.2, 0.25) is 0 Å². The maximum Gasteiger partial charge on any atom is 0.257 e. The van der Waals surface area contributed by atoms with Gasteiger partial charge in [-0.15, -0.1) is 24.0 Å². The summed E-state index contributed by atoms with van der Waals surface area (Å²) in [5.41, 5.74) is 2.19. The molecule has 0 radical (unpaired) electrons. The zero-order valence-electron chi connectivity index (χ0n) is 14.5. The molecule has 0 aliphatic carbocycles. The summed E-state index contributed by atoms with van der Waals surface area (Å²) in [5, 5.41) is 10.4. The van der Waals surface area contributed by atoms with E-state index in [1.165, 1.54) is 5.56 Å². The minimum absolute atomic E-state index is 0. The van der Waals surface area contributed by atoms with Crippen molar-refractivity contribution < 1.29 is 4.52 Å². The van der Waals surface area contributed by atoms with E-state index in [0.717, 1.165) is 49.8 Å². The summed E-state index contributed by atoms with van der Waals surface area (Å²) in [6.07, 6.45) is 1.67. The molecule has 0 saturated heterocycles. The summed E-state index contributed by atoms with van der Waals surface area (Å²) >= 11 is 0. The van der Waals surface area contributed by atoms with Crippen LogP contribution in [-0.4, -0.2) is 35.7 Å². The summed E-state index contributed by atoms with van der Waals surface area (Å²) in [6, 6.07) is 8.20. The molecule has 0 atom stereocenters. The Kier molecular flexibility index (Phi) is 9.36. The second kappa shape index (κ2) is 11.0. The zero-order chi connectivity index (χ0) is 16.5. The highest BCUT2D eigenvalue weighted by molar-refractivity contribution is 14.0. The van der Waals surface area contributed by atoms with Gasteiger partial charge in [0.05, 0.1) is 0 Å². The standard InChI is InChI=1S/C17H25N5O.HI/c1-4-15-21-16(23-22-15)14-9-7-13(8-10-14)11-12-20-17(18-5-2)19-6-3;/h7-10H,4-6,11-12H2,1-3H3,(H2,18,19,20);1H. The van der Waals surface area contributed by atoms with Crippen LogP contribution in [0.25, 0.3) is 11.5 Å². The minimum atomic E-state index is 0. The first kappa shape index (κ1) is 20.4. The van der Waals surface area contributed by atoms with Crippen LogP contribution in [0.2, 0.25) is 0 Å². The molecule has 0 amide bonds. The van der Waals surface area contributed by atoms with Crippen molar-refractivity contribution >= 4 is 29.9 Å². The van der Waals surface area contributed by atoms with Gasteiger partial charge in [-0.25, -0.2) is 0 Å². The van der Waals surface area contributed by atoms with Crippen molar-refractivity contribution in [1.29, 1.82) is 0 Å². The van der Waals surface area contributed by atoms with E-state index < -0.39 is 0 Å². The maximum absolute atomic E-state index is 5.25. The van der Waals surface area contributed by atoms with E-state index in [2.05, 4.69) is 51.7 Å². The molecule has 24 heavy (non-hydrogen) atoms. The Labute approximate surface area is 160 Å². The molecular weight excluding hydrogens is 417 g/mol. The molecule has 7 heteroatoms. The fraction of sp³-hybridized carbons (Fsp3) is 0.471. The van der Waals surface area contributed by atoms with Gasteiger partial charge in [-0.05, 0) is 38.0 Å². The van der Waals surface area contributed by atoms with Crippen molar-refractivity contribution in [3.63, 3.8) is 0 Å². The Morgan fingerprint density at radius 1 is 1.08 bits per heavy atom. The number of aliphatic imine (C=N–C) groups is 1. The van der Waals surface area contributed by atoms with Crippen LogP contribution in [0.15, 0.2) is 33.8 Å². The van der Waals surface area contributed by atoms with Crippen LogP contribution in [0.4, 0.5) is 0 Å². The number of rotatable bonds is 7. The topological polar surface area (TPSA) is 75.3 Å². The van der Waals surface area contributed by atoms with E-state index in [4.69, 9.17) is 4.52 Å². The molecule has 1 aromatic carbocycles. The van der Waals surface area contributed by atoms with Gasteiger partial charge in [0.15, 0.2) is 11.8 Å². The lowest BCUT2D eigenvalue weighted by atomic mass is 10.1. The monoisotopic (exact) mass is 443 g/mol. The van der Waals surface area contributed by atoms with Crippen LogP contribution in [0.1, 0.15) is 32.2 Å².